The lowest BCUT2D eigenvalue weighted by Crippen LogP contribution is -2.38. The van der Waals surface area contributed by atoms with Crippen LogP contribution in [0.2, 0.25) is 0 Å². The van der Waals surface area contributed by atoms with E-state index in [2.05, 4.69) is 5.16 Å². The summed E-state index contributed by atoms with van der Waals surface area (Å²) < 4.78 is 18.2. The number of hydrogen-bond acceptors (Lipinski definition) is 6. The number of hydroxylamine groups is 1. The summed E-state index contributed by atoms with van der Waals surface area (Å²) in [4.78, 5) is 23.2. The zero-order valence-electron chi connectivity index (χ0n) is 15.9. The maximum atomic E-state index is 13.4. The van der Waals surface area contributed by atoms with Gasteiger partial charge in [0.15, 0.2) is 11.5 Å². The Morgan fingerprint density at radius 1 is 1.25 bits per heavy atom. The van der Waals surface area contributed by atoms with Crippen molar-refractivity contribution in [3.05, 3.63) is 58.9 Å². The van der Waals surface area contributed by atoms with Crippen LogP contribution >= 0.6 is 0 Å². The number of hydrogen-bond donors (Lipinski definition) is 0. The zero-order chi connectivity index (χ0) is 19.8. The second kappa shape index (κ2) is 7.14. The van der Waals surface area contributed by atoms with Crippen LogP contribution in [-0.4, -0.2) is 25.9 Å². The number of ether oxygens (including phenoxy) is 1. The Hall–Kier alpha value is -3.09. The molecule has 1 aliphatic carbocycles. The van der Waals surface area contributed by atoms with Crippen molar-refractivity contribution in [2.45, 2.75) is 25.8 Å². The number of fused-ring (bicyclic) bond motifs is 3. The number of nitrogens with zero attached hydrogens (tertiary/aromatic N) is 2. The lowest BCUT2D eigenvalue weighted by molar-refractivity contribution is -0.132. The molecule has 1 atom stereocenters. The smallest absolute Gasteiger partial charge is 0.360 e. The van der Waals surface area contributed by atoms with Crippen molar-refractivity contribution < 1.29 is 23.6 Å². The summed E-state index contributed by atoms with van der Waals surface area (Å²) >= 11 is 0. The molecule has 0 N–H and O–H groups in total. The minimum atomic E-state index is -0.603. The molecule has 2 heterocycles. The molecule has 3 aliphatic rings. The van der Waals surface area contributed by atoms with E-state index in [-0.39, 0.29) is 17.6 Å². The van der Waals surface area contributed by atoms with Gasteiger partial charge in [-0.3, -0.25) is 0 Å². The number of aryl methyl sites for hydroxylation is 1. The summed E-state index contributed by atoms with van der Waals surface area (Å²) in [6, 6.07) is 10.3. The third kappa shape index (κ3) is 3.17. The SMILES string of the molecule is CON=C(C(=O)OC)c1cc2cc(C)c1ON2C(c1ccc(F)cc1)C1CC1. The molecule has 6 nitrogen and oxygen atoms in total. The topological polar surface area (TPSA) is 60.4 Å². The van der Waals surface area contributed by atoms with Crippen molar-refractivity contribution in [2.75, 3.05) is 19.3 Å². The summed E-state index contributed by atoms with van der Waals surface area (Å²) in [6.07, 6.45) is 2.17. The lowest BCUT2D eigenvalue weighted by atomic mass is 9.98. The average Bonchev–Trinajstić information content (AvgIpc) is 3.53. The molecule has 0 amide bonds. The van der Waals surface area contributed by atoms with E-state index < -0.39 is 5.97 Å². The van der Waals surface area contributed by atoms with Gasteiger partial charge in [-0.15, -0.1) is 0 Å². The summed E-state index contributed by atoms with van der Waals surface area (Å²) in [5, 5.41) is 5.67. The lowest BCUT2D eigenvalue weighted by Gasteiger charge is -2.38. The van der Waals surface area contributed by atoms with E-state index in [9.17, 15) is 9.18 Å². The Morgan fingerprint density at radius 3 is 2.54 bits per heavy atom. The molecule has 1 saturated carbocycles. The third-order valence-electron chi connectivity index (χ3n) is 5.05. The van der Waals surface area contributed by atoms with E-state index in [1.807, 2.05) is 24.1 Å². The van der Waals surface area contributed by atoms with Gasteiger partial charge < -0.3 is 14.4 Å². The molecule has 0 aromatic heterocycles. The van der Waals surface area contributed by atoms with Crippen LogP contribution in [0.5, 0.6) is 5.75 Å². The normalized spacial score (nSPS) is 16.6. The minimum absolute atomic E-state index is 0.0336. The maximum Gasteiger partial charge on any atom is 0.360 e. The highest BCUT2D eigenvalue weighted by atomic mass is 19.1. The zero-order valence-corrected chi connectivity index (χ0v) is 15.9. The van der Waals surface area contributed by atoms with Gasteiger partial charge in [0, 0.05) is 0 Å². The van der Waals surface area contributed by atoms with Gasteiger partial charge in [-0.05, 0) is 61.1 Å². The largest absolute Gasteiger partial charge is 0.464 e. The fourth-order valence-electron chi connectivity index (χ4n) is 3.60. The predicted molar refractivity (Wildman–Crippen MR) is 102 cm³/mol. The molecule has 146 valence electrons. The number of oxime groups is 1. The van der Waals surface area contributed by atoms with E-state index in [0.717, 1.165) is 29.7 Å². The molecule has 0 spiro atoms. The molecule has 1 fully saturated rings. The van der Waals surface area contributed by atoms with Crippen LogP contribution < -0.4 is 9.90 Å². The number of carbonyl (C=O) groups excluding carboxylic acids is 1. The number of anilines is 1. The number of carbonyl (C=O) groups is 1. The van der Waals surface area contributed by atoms with Gasteiger partial charge in [0.1, 0.15) is 12.9 Å². The Morgan fingerprint density at radius 2 is 1.96 bits per heavy atom. The highest BCUT2D eigenvalue weighted by molar-refractivity contribution is 6.44. The Bertz CT molecular complexity index is 938. The standard InChI is InChI=1S/C21H21FN2O4/c1-12-10-16-11-17(18(23-27-3)21(25)26-2)20(12)28-24(16)19(13-4-5-13)14-6-8-15(22)9-7-14/h6-11,13,19H,4-5H2,1-3H3. The van der Waals surface area contributed by atoms with Crippen LogP contribution in [-0.2, 0) is 14.4 Å². The fraction of sp³-hybridized carbons (Fsp3) is 0.333. The second-order valence-electron chi connectivity index (χ2n) is 7.00. The highest BCUT2D eigenvalue weighted by Gasteiger charge is 2.41. The van der Waals surface area contributed by atoms with Gasteiger partial charge in [-0.2, -0.15) is 0 Å². The van der Waals surface area contributed by atoms with E-state index in [1.54, 1.807) is 12.1 Å². The Balaban J connectivity index is 1.75. The highest BCUT2D eigenvalue weighted by Crippen LogP contribution is 2.49. The molecule has 2 aliphatic heterocycles. The van der Waals surface area contributed by atoms with Gasteiger partial charge >= 0.3 is 5.97 Å². The molecule has 2 aromatic carbocycles. The van der Waals surface area contributed by atoms with E-state index in [4.69, 9.17) is 14.4 Å². The van der Waals surface area contributed by atoms with Crippen molar-refractivity contribution in [1.82, 2.24) is 0 Å². The molecule has 2 bridgehead atoms. The van der Waals surface area contributed by atoms with Gasteiger partial charge in [0.2, 0.25) is 0 Å². The first-order valence-corrected chi connectivity index (χ1v) is 9.10. The van der Waals surface area contributed by atoms with Crippen LogP contribution in [0.1, 0.15) is 35.6 Å². The van der Waals surface area contributed by atoms with Crippen LogP contribution in [0.4, 0.5) is 10.1 Å². The second-order valence-corrected chi connectivity index (χ2v) is 7.00. The van der Waals surface area contributed by atoms with Crippen molar-refractivity contribution in [3.8, 4) is 5.75 Å². The van der Waals surface area contributed by atoms with Gasteiger partial charge in [0.05, 0.1) is 24.4 Å². The first-order valence-electron chi connectivity index (χ1n) is 9.10. The van der Waals surface area contributed by atoms with Crippen LogP contribution in [0.15, 0.2) is 41.6 Å². The number of rotatable bonds is 6. The number of esters is 1. The van der Waals surface area contributed by atoms with Gasteiger partial charge in [-0.1, -0.05) is 17.3 Å². The number of methoxy groups -OCH3 is 1. The Kier molecular flexibility index (Phi) is 4.66. The maximum absolute atomic E-state index is 13.4. The third-order valence-corrected chi connectivity index (χ3v) is 5.05. The van der Waals surface area contributed by atoms with E-state index in [0.29, 0.717) is 17.2 Å². The van der Waals surface area contributed by atoms with Crippen molar-refractivity contribution in [3.63, 3.8) is 0 Å². The molecule has 28 heavy (non-hydrogen) atoms. The Labute approximate surface area is 162 Å². The molecule has 7 heteroatoms. The molecule has 2 aromatic rings. The van der Waals surface area contributed by atoms with Gasteiger partial charge in [-0.25, -0.2) is 14.2 Å². The first-order chi connectivity index (χ1) is 13.5. The summed E-state index contributed by atoms with van der Waals surface area (Å²) in [6.45, 7) is 1.91. The number of benzene rings is 2. The van der Waals surface area contributed by atoms with E-state index >= 15 is 0 Å². The van der Waals surface area contributed by atoms with Crippen molar-refractivity contribution in [1.29, 1.82) is 0 Å². The monoisotopic (exact) mass is 384 g/mol. The summed E-state index contributed by atoms with van der Waals surface area (Å²) in [5.74, 6) is 0.0898. The van der Waals surface area contributed by atoms with Crippen LogP contribution in [0, 0.1) is 18.7 Å². The molecule has 1 unspecified atom stereocenters. The minimum Gasteiger partial charge on any atom is -0.464 e. The first kappa shape index (κ1) is 18.3. The predicted octanol–water partition coefficient (Wildman–Crippen LogP) is 3.92. The van der Waals surface area contributed by atoms with Crippen molar-refractivity contribution >= 4 is 17.4 Å². The van der Waals surface area contributed by atoms with Crippen molar-refractivity contribution in [2.24, 2.45) is 11.1 Å². The molecule has 0 saturated heterocycles. The molecular formula is C21H21FN2O4. The summed E-state index contributed by atoms with van der Waals surface area (Å²) in [5.41, 5.74) is 3.24. The average molecular weight is 384 g/mol. The van der Waals surface area contributed by atoms with Crippen LogP contribution in [0.3, 0.4) is 0 Å². The molecule has 0 radical (unpaired) electrons. The quantitative estimate of drug-likeness (QED) is 0.429. The molecular weight excluding hydrogens is 363 g/mol. The van der Waals surface area contributed by atoms with Crippen LogP contribution in [0.25, 0.3) is 0 Å². The van der Waals surface area contributed by atoms with E-state index in [1.165, 1.54) is 26.4 Å². The van der Waals surface area contributed by atoms with Gasteiger partial charge in [0.25, 0.3) is 0 Å². The summed E-state index contributed by atoms with van der Waals surface area (Å²) in [7, 11) is 2.66. The fourth-order valence-corrected chi connectivity index (χ4v) is 3.60. The molecule has 5 rings (SSSR count). The number of halogens is 1.